The zero-order chi connectivity index (χ0) is 16.2. The largest absolute Gasteiger partial charge is 0.383 e. The summed E-state index contributed by atoms with van der Waals surface area (Å²) in [6.07, 6.45) is 0. The van der Waals surface area contributed by atoms with Gasteiger partial charge in [0.25, 0.3) is 15.0 Å². The third-order valence-corrected chi connectivity index (χ3v) is 4.96. The number of likely N-dealkylation sites (N-methyl/N-ethyl adjacent to an activating group) is 1. The molecule has 0 aliphatic heterocycles. The number of halogens is 2. The van der Waals surface area contributed by atoms with Crippen LogP contribution in [0.4, 0.5) is 0 Å². The van der Waals surface area contributed by atoms with Crippen molar-refractivity contribution >= 4 is 41.6 Å². The Bertz CT molecular complexity index is 633. The van der Waals surface area contributed by atoms with Crippen molar-refractivity contribution in [2.24, 2.45) is 0 Å². The summed E-state index contributed by atoms with van der Waals surface area (Å²) in [5.74, 6) is -0.255. The molecular formula is C13H17BrClNO4S. The summed E-state index contributed by atoms with van der Waals surface area (Å²) >= 11 is 3.21. The van der Waals surface area contributed by atoms with Gasteiger partial charge in [-0.1, -0.05) is 15.9 Å². The maximum absolute atomic E-state index is 12.5. The first-order chi connectivity index (χ1) is 9.72. The highest BCUT2D eigenvalue weighted by atomic mass is 79.9. The van der Waals surface area contributed by atoms with Crippen molar-refractivity contribution in [3.05, 3.63) is 27.7 Å². The van der Waals surface area contributed by atoms with Crippen LogP contribution < -0.4 is 0 Å². The van der Waals surface area contributed by atoms with Gasteiger partial charge in [-0.15, -0.1) is 0 Å². The van der Waals surface area contributed by atoms with Crippen LogP contribution in [0, 0.1) is 6.92 Å². The fourth-order valence-electron chi connectivity index (χ4n) is 1.90. The molecule has 0 aliphatic carbocycles. The summed E-state index contributed by atoms with van der Waals surface area (Å²) in [6.45, 7) is 4.75. The van der Waals surface area contributed by atoms with Gasteiger partial charge in [-0.2, -0.15) is 0 Å². The van der Waals surface area contributed by atoms with Gasteiger partial charge in [0.15, 0.2) is 0 Å². The van der Waals surface area contributed by atoms with E-state index in [0.29, 0.717) is 35.3 Å². The molecule has 0 saturated carbocycles. The molecule has 0 aromatic heterocycles. The van der Waals surface area contributed by atoms with Gasteiger partial charge >= 0.3 is 0 Å². The van der Waals surface area contributed by atoms with Crippen LogP contribution in [-0.4, -0.2) is 46.0 Å². The van der Waals surface area contributed by atoms with Crippen LogP contribution in [0.25, 0.3) is 0 Å². The minimum atomic E-state index is -3.91. The zero-order valence-electron chi connectivity index (χ0n) is 12.0. The standard InChI is InChI=1S/C13H17BrClNO4S/c1-4-16(5-6-20-3)13(17)11-7-10(14)8-12(9(11)2)21(15,18)19/h7-8H,4-6H2,1-3H3. The lowest BCUT2D eigenvalue weighted by Gasteiger charge is -2.22. The number of hydrogen-bond donors (Lipinski definition) is 0. The summed E-state index contributed by atoms with van der Waals surface area (Å²) in [7, 11) is 3.06. The van der Waals surface area contributed by atoms with Crippen LogP contribution in [0.5, 0.6) is 0 Å². The third-order valence-electron chi connectivity index (χ3n) is 3.05. The first-order valence-electron chi connectivity index (χ1n) is 6.25. The van der Waals surface area contributed by atoms with Crippen molar-refractivity contribution in [2.45, 2.75) is 18.7 Å². The lowest BCUT2D eigenvalue weighted by atomic mass is 10.1. The van der Waals surface area contributed by atoms with E-state index in [1.165, 1.54) is 6.07 Å². The van der Waals surface area contributed by atoms with E-state index in [1.54, 1.807) is 25.0 Å². The average Bonchev–Trinajstić information content (AvgIpc) is 2.40. The normalized spacial score (nSPS) is 11.5. The second kappa shape index (κ2) is 7.58. The lowest BCUT2D eigenvalue weighted by Crippen LogP contribution is -2.34. The first kappa shape index (κ1) is 18.4. The van der Waals surface area contributed by atoms with Crippen molar-refractivity contribution in [2.75, 3.05) is 26.8 Å². The van der Waals surface area contributed by atoms with E-state index in [-0.39, 0.29) is 10.8 Å². The Kier molecular flexibility index (Phi) is 6.65. The monoisotopic (exact) mass is 397 g/mol. The van der Waals surface area contributed by atoms with Crippen LogP contribution in [-0.2, 0) is 13.8 Å². The smallest absolute Gasteiger partial charge is 0.261 e. The highest BCUT2D eigenvalue weighted by Gasteiger charge is 2.23. The molecule has 1 rings (SSSR count). The molecule has 1 amide bonds. The molecule has 0 unspecified atom stereocenters. The molecule has 0 bridgehead atoms. The van der Waals surface area contributed by atoms with Crippen LogP contribution in [0.3, 0.4) is 0 Å². The molecule has 8 heteroatoms. The van der Waals surface area contributed by atoms with Gasteiger partial charge in [-0.05, 0) is 31.5 Å². The number of methoxy groups -OCH3 is 1. The Labute approximate surface area is 137 Å². The highest BCUT2D eigenvalue weighted by molar-refractivity contribution is 9.10. The van der Waals surface area contributed by atoms with E-state index in [0.717, 1.165) is 0 Å². The van der Waals surface area contributed by atoms with E-state index in [9.17, 15) is 13.2 Å². The van der Waals surface area contributed by atoms with Crippen LogP contribution in [0.2, 0.25) is 0 Å². The molecule has 0 fully saturated rings. The molecule has 0 spiro atoms. The van der Waals surface area contributed by atoms with Gasteiger partial charge in [0, 0.05) is 40.9 Å². The predicted octanol–water partition coefficient (Wildman–Crippen LogP) is 2.79. The molecule has 0 saturated heterocycles. The average molecular weight is 399 g/mol. The fraction of sp³-hybridized carbons (Fsp3) is 0.462. The summed E-state index contributed by atoms with van der Waals surface area (Å²) in [4.78, 5) is 14.1. The number of benzene rings is 1. The Balaban J connectivity index is 3.30. The quantitative estimate of drug-likeness (QED) is 0.691. The minimum absolute atomic E-state index is 0.0651. The van der Waals surface area contributed by atoms with E-state index >= 15 is 0 Å². The minimum Gasteiger partial charge on any atom is -0.383 e. The number of hydrogen-bond acceptors (Lipinski definition) is 4. The summed E-state index contributed by atoms with van der Waals surface area (Å²) in [5.41, 5.74) is 0.649. The molecule has 0 atom stereocenters. The Morgan fingerprint density at radius 1 is 1.43 bits per heavy atom. The van der Waals surface area contributed by atoms with Crippen LogP contribution in [0.1, 0.15) is 22.8 Å². The van der Waals surface area contributed by atoms with Gasteiger partial charge in [0.05, 0.1) is 11.5 Å². The zero-order valence-corrected chi connectivity index (χ0v) is 15.2. The number of carbonyl (C=O) groups is 1. The topological polar surface area (TPSA) is 63.7 Å². The Morgan fingerprint density at radius 2 is 2.05 bits per heavy atom. The molecule has 0 heterocycles. The molecule has 1 aromatic rings. The van der Waals surface area contributed by atoms with Crippen LogP contribution >= 0.6 is 26.6 Å². The molecule has 5 nitrogen and oxygen atoms in total. The first-order valence-corrected chi connectivity index (χ1v) is 9.35. The Morgan fingerprint density at radius 3 is 2.52 bits per heavy atom. The van der Waals surface area contributed by atoms with Gasteiger partial charge in [0.1, 0.15) is 0 Å². The van der Waals surface area contributed by atoms with Gasteiger partial charge in [-0.3, -0.25) is 4.79 Å². The van der Waals surface area contributed by atoms with E-state index < -0.39 is 9.05 Å². The van der Waals surface area contributed by atoms with Gasteiger partial charge in [0.2, 0.25) is 0 Å². The van der Waals surface area contributed by atoms with E-state index in [4.69, 9.17) is 15.4 Å². The molecule has 1 aromatic carbocycles. The third kappa shape index (κ3) is 4.67. The van der Waals surface area contributed by atoms with Crippen molar-refractivity contribution in [1.82, 2.24) is 4.90 Å². The summed E-state index contributed by atoms with van der Waals surface area (Å²) in [5, 5.41) is 0. The number of rotatable bonds is 6. The number of ether oxygens (including phenoxy) is 1. The van der Waals surface area contributed by atoms with Gasteiger partial charge in [-0.25, -0.2) is 8.42 Å². The van der Waals surface area contributed by atoms with Crippen LogP contribution in [0.15, 0.2) is 21.5 Å². The number of amides is 1. The van der Waals surface area contributed by atoms with E-state index in [1.807, 2.05) is 6.92 Å². The van der Waals surface area contributed by atoms with Crippen molar-refractivity contribution in [3.63, 3.8) is 0 Å². The molecule has 0 radical (unpaired) electrons. The predicted molar refractivity (Wildman–Crippen MR) is 85.4 cm³/mol. The Hall–Kier alpha value is -0.630. The molecule has 118 valence electrons. The van der Waals surface area contributed by atoms with Crippen molar-refractivity contribution < 1.29 is 17.9 Å². The van der Waals surface area contributed by atoms with Crippen molar-refractivity contribution in [1.29, 1.82) is 0 Å². The molecule has 0 aliphatic rings. The lowest BCUT2D eigenvalue weighted by molar-refractivity contribution is 0.0705. The molecular weight excluding hydrogens is 382 g/mol. The molecule has 0 N–H and O–H groups in total. The summed E-state index contributed by atoms with van der Waals surface area (Å²) < 4.78 is 28.6. The van der Waals surface area contributed by atoms with E-state index in [2.05, 4.69) is 15.9 Å². The molecule has 21 heavy (non-hydrogen) atoms. The second-order valence-corrected chi connectivity index (χ2v) is 7.84. The van der Waals surface area contributed by atoms with Gasteiger partial charge < -0.3 is 9.64 Å². The maximum Gasteiger partial charge on any atom is 0.261 e. The number of nitrogens with zero attached hydrogens (tertiary/aromatic N) is 1. The SMILES string of the molecule is CCN(CCOC)C(=O)c1cc(Br)cc(S(=O)(=O)Cl)c1C. The second-order valence-electron chi connectivity index (χ2n) is 4.39. The van der Waals surface area contributed by atoms with Crippen molar-refractivity contribution in [3.8, 4) is 0 Å². The fourth-order valence-corrected chi connectivity index (χ4v) is 3.74. The highest BCUT2D eigenvalue weighted by Crippen LogP contribution is 2.28. The maximum atomic E-state index is 12.5. The summed E-state index contributed by atoms with van der Waals surface area (Å²) in [6, 6.07) is 2.98. The number of carbonyl (C=O) groups excluding carboxylic acids is 1.